The molecule has 2 aromatic heterocycles. The molecular weight excluding hydrogens is 467 g/mol. The first-order valence-electron chi connectivity index (χ1n) is 4.15. The van der Waals surface area contributed by atoms with Crippen LogP contribution in [0.4, 0.5) is 11.6 Å². The summed E-state index contributed by atoms with van der Waals surface area (Å²) in [4.78, 5) is 15.4. The molecule has 4 N–H and O–H groups in total. The van der Waals surface area contributed by atoms with Crippen LogP contribution in [0, 0.1) is 3.70 Å². The maximum Gasteiger partial charge on any atom is 0.155 e. The largest absolute Gasteiger partial charge is 0.382 e. The lowest BCUT2D eigenvalue weighted by molar-refractivity contribution is 1.14. The van der Waals surface area contributed by atoms with Gasteiger partial charge in [0, 0.05) is 0 Å². The summed E-state index contributed by atoms with van der Waals surface area (Å²) >= 11 is 8.30. The van der Waals surface area contributed by atoms with Gasteiger partial charge < -0.3 is 11.5 Å². The number of hydrogen-bond acceptors (Lipinski definition) is 6. The normalized spacial score (nSPS) is 9.35. The molecule has 0 radical (unpaired) electrons. The van der Waals surface area contributed by atoms with Gasteiger partial charge in [-0.15, -0.1) is 0 Å². The van der Waals surface area contributed by atoms with Gasteiger partial charge in [-0.25, -0.2) is 19.9 Å². The summed E-state index contributed by atoms with van der Waals surface area (Å²) in [6.45, 7) is 0. The van der Waals surface area contributed by atoms with Crippen LogP contribution in [-0.4, -0.2) is 19.9 Å². The topological polar surface area (TPSA) is 104 Å². The fourth-order valence-electron chi connectivity index (χ4n) is 0.678. The van der Waals surface area contributed by atoms with Gasteiger partial charge in [-0.1, -0.05) is 0 Å². The highest BCUT2D eigenvalue weighted by Crippen LogP contribution is 2.11. The molecule has 9 heteroatoms. The van der Waals surface area contributed by atoms with Crippen molar-refractivity contribution < 1.29 is 0 Å². The fourth-order valence-corrected chi connectivity index (χ4v) is 1.89. The van der Waals surface area contributed by atoms with Crippen LogP contribution in [0.15, 0.2) is 27.8 Å². The Kier molecular flexibility index (Phi) is 5.98. The first-order valence-corrected chi connectivity index (χ1v) is 6.82. The van der Waals surface area contributed by atoms with E-state index in [1.54, 1.807) is 12.4 Å². The van der Waals surface area contributed by atoms with Crippen LogP contribution in [0.3, 0.4) is 0 Å². The number of nitrogens with two attached hydrogens (primary N) is 2. The molecule has 0 spiro atoms. The van der Waals surface area contributed by atoms with Gasteiger partial charge in [-0.2, -0.15) is 0 Å². The van der Waals surface area contributed by atoms with E-state index >= 15 is 0 Å². The van der Waals surface area contributed by atoms with Crippen LogP contribution in [0.5, 0.6) is 0 Å². The van der Waals surface area contributed by atoms with E-state index in [4.69, 9.17) is 11.5 Å². The third kappa shape index (κ3) is 5.55. The number of anilines is 2. The van der Waals surface area contributed by atoms with Crippen molar-refractivity contribution in [3.8, 4) is 0 Å². The molecule has 0 amide bonds. The molecule has 0 aliphatic rings. The molecular formula is C8H7Br2IN6. The molecule has 0 aliphatic heterocycles. The average molecular weight is 474 g/mol. The van der Waals surface area contributed by atoms with Gasteiger partial charge in [0.25, 0.3) is 0 Å². The Morgan fingerprint density at radius 1 is 0.941 bits per heavy atom. The predicted octanol–water partition coefficient (Wildman–Crippen LogP) is 2.25. The van der Waals surface area contributed by atoms with E-state index in [1.807, 2.05) is 22.6 Å². The SMILES string of the molecule is Nc1cnc(Br)cn1.Nc1ncc(Br)nc1I. The van der Waals surface area contributed by atoms with Gasteiger partial charge in [0.2, 0.25) is 0 Å². The molecule has 2 heterocycles. The highest BCUT2D eigenvalue weighted by molar-refractivity contribution is 14.1. The van der Waals surface area contributed by atoms with Crippen molar-refractivity contribution in [1.29, 1.82) is 0 Å². The van der Waals surface area contributed by atoms with Crippen LogP contribution >= 0.6 is 54.5 Å². The summed E-state index contributed by atoms with van der Waals surface area (Å²) in [5.74, 6) is 0.909. The third-order valence-electron chi connectivity index (χ3n) is 1.37. The minimum atomic E-state index is 0.438. The molecule has 2 aromatic rings. The maximum absolute atomic E-state index is 5.39. The van der Waals surface area contributed by atoms with Gasteiger partial charge >= 0.3 is 0 Å². The summed E-state index contributed by atoms with van der Waals surface area (Å²) in [5.41, 5.74) is 10.6. The Labute approximate surface area is 128 Å². The van der Waals surface area contributed by atoms with Gasteiger partial charge in [0.1, 0.15) is 18.7 Å². The lowest BCUT2D eigenvalue weighted by Gasteiger charge is -1.93. The Balaban J connectivity index is 0.000000171. The number of aromatic nitrogens is 4. The van der Waals surface area contributed by atoms with Crippen LogP contribution in [0.1, 0.15) is 0 Å². The summed E-state index contributed by atoms with van der Waals surface area (Å²) in [5, 5.41) is 0. The van der Waals surface area contributed by atoms with Crippen molar-refractivity contribution in [3.63, 3.8) is 0 Å². The van der Waals surface area contributed by atoms with E-state index in [0.717, 1.165) is 3.70 Å². The summed E-state index contributed by atoms with van der Waals surface area (Å²) in [7, 11) is 0. The second-order valence-corrected chi connectivity index (χ2v) is 5.28. The van der Waals surface area contributed by atoms with E-state index < -0.39 is 0 Å². The number of rotatable bonds is 0. The minimum Gasteiger partial charge on any atom is -0.382 e. The van der Waals surface area contributed by atoms with E-state index in [9.17, 15) is 0 Å². The lowest BCUT2D eigenvalue weighted by atomic mass is 10.7. The Hall–Kier alpha value is -0.550. The van der Waals surface area contributed by atoms with Crippen LogP contribution < -0.4 is 11.5 Å². The molecule has 0 atom stereocenters. The third-order valence-corrected chi connectivity index (χ3v) is 2.95. The first-order chi connectivity index (χ1) is 7.99. The molecule has 0 aliphatic carbocycles. The summed E-state index contributed by atoms with van der Waals surface area (Å²) in [6.07, 6.45) is 4.61. The minimum absolute atomic E-state index is 0.438. The second kappa shape index (κ2) is 7.01. The van der Waals surface area contributed by atoms with Gasteiger partial charge in [-0.3, -0.25) is 0 Å². The smallest absolute Gasteiger partial charge is 0.155 e. The molecule has 0 bridgehead atoms. The van der Waals surface area contributed by atoms with Crippen molar-refractivity contribution in [2.24, 2.45) is 0 Å². The molecule has 90 valence electrons. The Bertz CT molecular complexity index is 471. The van der Waals surface area contributed by atoms with Gasteiger partial charge in [-0.05, 0) is 54.5 Å². The quantitative estimate of drug-likeness (QED) is 0.569. The average Bonchev–Trinajstić information content (AvgIpc) is 2.29. The first kappa shape index (κ1) is 14.5. The number of nitrogen functional groups attached to an aromatic ring is 2. The standard InChI is InChI=1S/C4H3BrIN3.C4H4BrN3/c5-2-1-8-4(7)3(6)9-2;5-3-1-8-4(6)2-7-3/h1H,(H2,7,8);1-2H,(H2,6,8). The molecule has 17 heavy (non-hydrogen) atoms. The van der Waals surface area contributed by atoms with Gasteiger partial charge in [0.15, 0.2) is 5.82 Å². The van der Waals surface area contributed by atoms with Gasteiger partial charge in [0.05, 0.1) is 18.6 Å². The summed E-state index contributed by atoms with van der Waals surface area (Å²) in [6, 6.07) is 0. The molecule has 0 fully saturated rings. The highest BCUT2D eigenvalue weighted by Gasteiger charge is 1.96. The zero-order valence-corrected chi connectivity index (χ0v) is 13.6. The van der Waals surface area contributed by atoms with E-state index in [-0.39, 0.29) is 0 Å². The van der Waals surface area contributed by atoms with E-state index in [2.05, 4.69) is 51.8 Å². The van der Waals surface area contributed by atoms with Crippen molar-refractivity contribution in [1.82, 2.24) is 19.9 Å². The van der Waals surface area contributed by atoms with Crippen molar-refractivity contribution in [2.75, 3.05) is 11.5 Å². The Morgan fingerprint density at radius 2 is 1.59 bits per heavy atom. The molecule has 6 nitrogen and oxygen atoms in total. The van der Waals surface area contributed by atoms with Crippen LogP contribution in [0.2, 0.25) is 0 Å². The predicted molar refractivity (Wildman–Crippen MR) is 81.0 cm³/mol. The Morgan fingerprint density at radius 3 is 2.00 bits per heavy atom. The monoisotopic (exact) mass is 472 g/mol. The summed E-state index contributed by atoms with van der Waals surface area (Å²) < 4.78 is 2.13. The second-order valence-electron chi connectivity index (χ2n) is 2.63. The zero-order valence-electron chi connectivity index (χ0n) is 8.31. The van der Waals surface area contributed by atoms with Crippen molar-refractivity contribution >= 4 is 66.1 Å². The molecule has 0 unspecified atom stereocenters. The molecule has 0 saturated carbocycles. The molecule has 0 aromatic carbocycles. The molecule has 0 saturated heterocycles. The van der Waals surface area contributed by atoms with E-state index in [1.165, 1.54) is 6.20 Å². The van der Waals surface area contributed by atoms with Crippen molar-refractivity contribution in [2.45, 2.75) is 0 Å². The van der Waals surface area contributed by atoms with E-state index in [0.29, 0.717) is 20.8 Å². The number of nitrogens with zero attached hydrogens (tertiary/aromatic N) is 4. The lowest BCUT2D eigenvalue weighted by Crippen LogP contribution is -1.95. The van der Waals surface area contributed by atoms with Crippen molar-refractivity contribution in [3.05, 3.63) is 31.5 Å². The molecule has 2 rings (SSSR count). The highest BCUT2D eigenvalue weighted by atomic mass is 127. The maximum atomic E-state index is 5.39. The van der Waals surface area contributed by atoms with Crippen LogP contribution in [0.25, 0.3) is 0 Å². The number of halogens is 3. The number of hydrogen-bond donors (Lipinski definition) is 2. The fraction of sp³-hybridized carbons (Fsp3) is 0. The zero-order chi connectivity index (χ0) is 12.8. The van der Waals surface area contributed by atoms with Crippen LogP contribution in [-0.2, 0) is 0 Å².